The number of benzene rings is 1. The molecule has 0 saturated carbocycles. The van der Waals surface area contributed by atoms with Crippen LogP contribution in [0.15, 0.2) is 52.0 Å². The number of sulfonamides is 1. The van der Waals surface area contributed by atoms with Crippen molar-refractivity contribution in [3.63, 3.8) is 0 Å². The van der Waals surface area contributed by atoms with Crippen LogP contribution in [-0.4, -0.2) is 21.0 Å². The summed E-state index contributed by atoms with van der Waals surface area (Å²) in [4.78, 5) is 13.7. The van der Waals surface area contributed by atoms with E-state index in [1.165, 1.54) is 23.5 Å². The van der Waals surface area contributed by atoms with Gasteiger partial charge in [0.05, 0.1) is 22.6 Å². The van der Waals surface area contributed by atoms with E-state index < -0.39 is 16.0 Å². The van der Waals surface area contributed by atoms with Crippen molar-refractivity contribution >= 4 is 27.3 Å². The van der Waals surface area contributed by atoms with Crippen LogP contribution in [0.4, 0.5) is 0 Å². The Bertz CT molecular complexity index is 1030. The molecule has 0 bridgehead atoms. The molecule has 0 fully saturated rings. The Kier molecular flexibility index (Phi) is 4.99. The van der Waals surface area contributed by atoms with Gasteiger partial charge in [-0.2, -0.15) is 0 Å². The molecule has 1 aromatic carbocycles. The topological polar surface area (TPSA) is 99.6 Å². The summed E-state index contributed by atoms with van der Waals surface area (Å²) in [6.45, 7) is 3.89. The normalized spacial score (nSPS) is 11.5. The van der Waals surface area contributed by atoms with Gasteiger partial charge in [0.1, 0.15) is 10.6 Å². The molecule has 0 aliphatic rings. The molecule has 0 unspecified atom stereocenters. The molecule has 2 heterocycles. The molecule has 3 aromatic rings. The maximum absolute atomic E-state index is 12.4. The molecular formula is C18H17NO5S2. The van der Waals surface area contributed by atoms with Crippen molar-refractivity contribution in [2.45, 2.75) is 18.7 Å². The Hall–Kier alpha value is -2.42. The minimum Gasteiger partial charge on any atom is -0.464 e. The van der Waals surface area contributed by atoms with Crippen molar-refractivity contribution in [3.05, 3.63) is 53.1 Å². The van der Waals surface area contributed by atoms with Crippen molar-refractivity contribution in [1.82, 2.24) is 0 Å². The molecular weight excluding hydrogens is 374 g/mol. The van der Waals surface area contributed by atoms with Crippen LogP contribution in [0.3, 0.4) is 0 Å². The number of hydrogen-bond acceptors (Lipinski definition) is 6. The number of ether oxygens (including phenoxy) is 1. The Morgan fingerprint density at radius 2 is 1.92 bits per heavy atom. The zero-order valence-corrected chi connectivity index (χ0v) is 15.8. The van der Waals surface area contributed by atoms with Gasteiger partial charge in [-0.1, -0.05) is 12.1 Å². The van der Waals surface area contributed by atoms with Crippen LogP contribution in [0.2, 0.25) is 0 Å². The number of nitrogens with two attached hydrogens (primary N) is 1. The molecule has 3 rings (SSSR count). The van der Waals surface area contributed by atoms with Gasteiger partial charge in [0.2, 0.25) is 10.0 Å². The Labute approximate surface area is 155 Å². The van der Waals surface area contributed by atoms with Crippen molar-refractivity contribution in [2.75, 3.05) is 6.61 Å². The first-order valence-electron chi connectivity index (χ1n) is 7.80. The molecule has 6 nitrogen and oxygen atoms in total. The zero-order valence-electron chi connectivity index (χ0n) is 14.2. The fourth-order valence-electron chi connectivity index (χ4n) is 2.66. The van der Waals surface area contributed by atoms with E-state index in [0.29, 0.717) is 21.8 Å². The maximum atomic E-state index is 12.4. The average molecular weight is 391 g/mol. The average Bonchev–Trinajstić information content (AvgIpc) is 3.22. The molecule has 0 aliphatic heterocycles. The van der Waals surface area contributed by atoms with E-state index in [0.717, 1.165) is 10.4 Å². The molecule has 0 aliphatic carbocycles. The van der Waals surface area contributed by atoms with Gasteiger partial charge in [-0.15, -0.1) is 11.3 Å². The van der Waals surface area contributed by atoms with Gasteiger partial charge in [-0.05, 0) is 49.2 Å². The predicted octanol–water partition coefficient (Wildman–Crippen LogP) is 3.81. The van der Waals surface area contributed by atoms with Crippen LogP contribution in [0, 0.1) is 6.92 Å². The van der Waals surface area contributed by atoms with Crippen molar-refractivity contribution in [2.24, 2.45) is 5.14 Å². The lowest BCUT2D eigenvalue weighted by atomic mass is 10.0. The van der Waals surface area contributed by atoms with Gasteiger partial charge in [0, 0.05) is 5.56 Å². The van der Waals surface area contributed by atoms with Crippen molar-refractivity contribution in [1.29, 1.82) is 0 Å². The van der Waals surface area contributed by atoms with Gasteiger partial charge in [0.15, 0.2) is 0 Å². The number of carbonyl (C=O) groups is 1. The second kappa shape index (κ2) is 7.06. The minimum absolute atomic E-state index is 0.0121. The van der Waals surface area contributed by atoms with E-state index >= 15 is 0 Å². The standard InChI is InChI=1S/C18H17NO5S2/c1-3-23-18(20)17-15(11(2)16(25-17)14-5-4-10-24-14)12-6-8-13(9-7-12)26(19,21)22/h4-10H,3H2,1-2H3,(H2,19,21,22). The van der Waals surface area contributed by atoms with Crippen LogP contribution >= 0.6 is 11.3 Å². The summed E-state index contributed by atoms with van der Waals surface area (Å²) in [5.41, 5.74) is 2.25. The van der Waals surface area contributed by atoms with E-state index in [2.05, 4.69) is 0 Å². The number of thiophene rings is 1. The fourth-order valence-corrected chi connectivity index (χ4v) is 4.36. The van der Waals surface area contributed by atoms with E-state index in [1.807, 2.05) is 13.0 Å². The number of primary sulfonamides is 1. The highest BCUT2D eigenvalue weighted by molar-refractivity contribution is 7.89. The molecule has 2 N–H and O–H groups in total. The molecule has 0 spiro atoms. The summed E-state index contributed by atoms with van der Waals surface area (Å²) in [6, 6.07) is 9.69. The highest BCUT2D eigenvalue weighted by Gasteiger charge is 2.24. The SMILES string of the molecule is CCOC(=O)c1sc(-c2ccco2)c(C)c1-c1ccc(S(N)(=O)=O)cc1. The second-order valence-electron chi connectivity index (χ2n) is 5.53. The van der Waals surface area contributed by atoms with Gasteiger partial charge in [-0.3, -0.25) is 0 Å². The number of hydrogen-bond donors (Lipinski definition) is 1. The highest BCUT2D eigenvalue weighted by Crippen LogP contribution is 2.42. The Morgan fingerprint density at radius 3 is 2.46 bits per heavy atom. The zero-order chi connectivity index (χ0) is 18.9. The predicted molar refractivity (Wildman–Crippen MR) is 99.5 cm³/mol. The summed E-state index contributed by atoms with van der Waals surface area (Å²) < 4.78 is 33.6. The summed E-state index contributed by atoms with van der Waals surface area (Å²) in [5, 5.41) is 5.15. The monoisotopic (exact) mass is 391 g/mol. The van der Waals surface area contributed by atoms with Crippen LogP contribution in [0.5, 0.6) is 0 Å². The number of rotatable bonds is 5. The first kappa shape index (κ1) is 18.4. The quantitative estimate of drug-likeness (QED) is 0.667. The molecule has 136 valence electrons. The van der Waals surface area contributed by atoms with Crippen molar-refractivity contribution in [3.8, 4) is 21.8 Å². The molecule has 8 heteroatoms. The first-order chi connectivity index (χ1) is 12.3. The number of furan rings is 1. The third-order valence-electron chi connectivity index (χ3n) is 3.82. The molecule has 0 saturated heterocycles. The smallest absolute Gasteiger partial charge is 0.348 e. The minimum atomic E-state index is -3.78. The summed E-state index contributed by atoms with van der Waals surface area (Å²) in [5.74, 6) is 0.231. The molecule has 0 atom stereocenters. The van der Waals surface area contributed by atoms with Gasteiger partial charge >= 0.3 is 5.97 Å². The summed E-state index contributed by atoms with van der Waals surface area (Å²) in [7, 11) is -3.78. The van der Waals surface area contributed by atoms with Crippen LogP contribution in [-0.2, 0) is 14.8 Å². The van der Waals surface area contributed by atoms with Crippen LogP contribution in [0.25, 0.3) is 21.8 Å². The third kappa shape index (κ3) is 3.44. The largest absolute Gasteiger partial charge is 0.464 e. The van der Waals surface area contributed by atoms with Crippen LogP contribution < -0.4 is 5.14 Å². The van der Waals surface area contributed by atoms with Crippen LogP contribution in [0.1, 0.15) is 22.2 Å². The van der Waals surface area contributed by atoms with E-state index in [9.17, 15) is 13.2 Å². The Morgan fingerprint density at radius 1 is 1.23 bits per heavy atom. The van der Waals surface area contributed by atoms with E-state index in [1.54, 1.807) is 31.4 Å². The third-order valence-corrected chi connectivity index (χ3v) is 6.04. The first-order valence-corrected chi connectivity index (χ1v) is 10.2. The lowest BCUT2D eigenvalue weighted by molar-refractivity contribution is 0.0533. The lowest BCUT2D eigenvalue weighted by Crippen LogP contribution is -2.11. The van der Waals surface area contributed by atoms with Crippen molar-refractivity contribution < 1.29 is 22.4 Å². The van der Waals surface area contributed by atoms with E-state index in [-0.39, 0.29) is 11.5 Å². The molecule has 26 heavy (non-hydrogen) atoms. The lowest BCUT2D eigenvalue weighted by Gasteiger charge is -2.07. The Balaban J connectivity index is 2.17. The summed E-state index contributed by atoms with van der Waals surface area (Å²) >= 11 is 1.29. The summed E-state index contributed by atoms with van der Waals surface area (Å²) in [6.07, 6.45) is 1.57. The molecule has 0 amide bonds. The van der Waals surface area contributed by atoms with Gasteiger partial charge in [0.25, 0.3) is 0 Å². The maximum Gasteiger partial charge on any atom is 0.348 e. The molecule has 0 radical (unpaired) electrons. The second-order valence-corrected chi connectivity index (χ2v) is 8.11. The number of carbonyl (C=O) groups excluding carboxylic acids is 1. The van der Waals surface area contributed by atoms with Gasteiger partial charge < -0.3 is 9.15 Å². The molecule has 2 aromatic heterocycles. The van der Waals surface area contributed by atoms with Gasteiger partial charge in [-0.25, -0.2) is 18.4 Å². The van der Waals surface area contributed by atoms with E-state index in [4.69, 9.17) is 14.3 Å². The fraction of sp³-hybridized carbons (Fsp3) is 0.167. The highest BCUT2D eigenvalue weighted by atomic mass is 32.2. The number of esters is 1.